The van der Waals surface area contributed by atoms with Crippen molar-refractivity contribution in [2.75, 3.05) is 25.0 Å². The van der Waals surface area contributed by atoms with Crippen LogP contribution in [0, 0.1) is 0 Å². The van der Waals surface area contributed by atoms with Crippen LogP contribution in [0.3, 0.4) is 0 Å². The lowest BCUT2D eigenvalue weighted by atomic mass is 10.0. The second-order valence-electron chi connectivity index (χ2n) is 7.48. The minimum absolute atomic E-state index is 0.0422. The van der Waals surface area contributed by atoms with Crippen molar-refractivity contribution in [3.05, 3.63) is 59.9 Å². The average Bonchev–Trinajstić information content (AvgIpc) is 3.51. The summed E-state index contributed by atoms with van der Waals surface area (Å²) < 4.78 is 0. The molecule has 1 aliphatic carbocycles. The molecule has 1 saturated heterocycles. The standard InChI is InChI=1S/C21H21N5O/c1-25(21(27)16-6-7-18-15(11-16)3-2-10-22-18)17-12-26(13-17)20-9-8-19(23-24-20)14-4-5-14/h2-3,6-11,14,17H,4-5,12-13H2,1H3. The van der Waals surface area contributed by atoms with Crippen LogP contribution in [0.2, 0.25) is 0 Å². The second kappa shape index (κ2) is 6.30. The molecule has 2 aliphatic rings. The summed E-state index contributed by atoms with van der Waals surface area (Å²) in [6, 6.07) is 13.9. The maximum Gasteiger partial charge on any atom is 0.253 e. The van der Waals surface area contributed by atoms with Crippen LogP contribution >= 0.6 is 0 Å². The minimum atomic E-state index is 0.0422. The van der Waals surface area contributed by atoms with E-state index in [0.29, 0.717) is 11.5 Å². The molecule has 1 aliphatic heterocycles. The number of carbonyl (C=O) groups excluding carboxylic acids is 1. The number of pyridine rings is 1. The highest BCUT2D eigenvalue weighted by atomic mass is 16.2. The smallest absolute Gasteiger partial charge is 0.253 e. The highest BCUT2D eigenvalue weighted by molar-refractivity contribution is 5.98. The topological polar surface area (TPSA) is 62.2 Å². The minimum Gasteiger partial charge on any atom is -0.351 e. The molecule has 2 aromatic heterocycles. The largest absolute Gasteiger partial charge is 0.351 e. The van der Waals surface area contributed by atoms with Crippen LogP contribution in [-0.4, -0.2) is 52.2 Å². The molecular formula is C21H21N5O. The molecule has 0 radical (unpaired) electrons. The van der Waals surface area contributed by atoms with Gasteiger partial charge in [-0.1, -0.05) is 6.07 Å². The number of benzene rings is 1. The van der Waals surface area contributed by atoms with Crippen molar-refractivity contribution in [1.29, 1.82) is 0 Å². The maximum absolute atomic E-state index is 12.9. The molecule has 0 N–H and O–H groups in total. The molecule has 6 heteroatoms. The van der Waals surface area contributed by atoms with Gasteiger partial charge >= 0.3 is 0 Å². The van der Waals surface area contributed by atoms with Crippen LogP contribution in [-0.2, 0) is 0 Å². The van der Waals surface area contributed by atoms with E-state index in [9.17, 15) is 4.79 Å². The fourth-order valence-electron chi connectivity index (χ4n) is 3.57. The van der Waals surface area contributed by atoms with Gasteiger partial charge in [0.15, 0.2) is 5.82 Å². The van der Waals surface area contributed by atoms with Gasteiger partial charge < -0.3 is 9.80 Å². The van der Waals surface area contributed by atoms with Crippen molar-refractivity contribution < 1.29 is 4.79 Å². The molecule has 0 spiro atoms. The first-order chi connectivity index (χ1) is 13.2. The predicted octanol–water partition coefficient (Wildman–Crippen LogP) is 2.86. The van der Waals surface area contributed by atoms with E-state index in [4.69, 9.17) is 0 Å². The fraction of sp³-hybridized carbons (Fsp3) is 0.333. The molecule has 1 aromatic carbocycles. The summed E-state index contributed by atoms with van der Waals surface area (Å²) in [5.74, 6) is 1.56. The molecule has 3 heterocycles. The highest BCUT2D eigenvalue weighted by Gasteiger charge is 2.34. The van der Waals surface area contributed by atoms with Gasteiger partial charge in [-0.15, -0.1) is 5.10 Å². The van der Waals surface area contributed by atoms with Crippen molar-refractivity contribution in [1.82, 2.24) is 20.1 Å². The van der Waals surface area contributed by atoms with Gasteiger partial charge in [0.1, 0.15) is 0 Å². The summed E-state index contributed by atoms with van der Waals surface area (Å²) in [6.45, 7) is 1.57. The molecule has 1 amide bonds. The van der Waals surface area contributed by atoms with Crippen molar-refractivity contribution in [2.24, 2.45) is 0 Å². The first kappa shape index (κ1) is 16.2. The van der Waals surface area contributed by atoms with E-state index < -0.39 is 0 Å². The number of likely N-dealkylation sites (N-methyl/N-ethyl adjacent to an activating group) is 1. The number of fused-ring (bicyclic) bond motifs is 1. The van der Waals surface area contributed by atoms with Crippen LogP contribution in [0.1, 0.15) is 34.8 Å². The van der Waals surface area contributed by atoms with E-state index >= 15 is 0 Å². The molecule has 136 valence electrons. The van der Waals surface area contributed by atoms with Crippen LogP contribution in [0.25, 0.3) is 10.9 Å². The Labute approximate surface area is 157 Å². The Kier molecular flexibility index (Phi) is 3.77. The lowest BCUT2D eigenvalue weighted by molar-refractivity contribution is 0.0705. The number of hydrogen-bond acceptors (Lipinski definition) is 5. The monoisotopic (exact) mass is 359 g/mol. The summed E-state index contributed by atoms with van der Waals surface area (Å²) in [4.78, 5) is 21.2. The Morgan fingerprint density at radius 1 is 1.11 bits per heavy atom. The Morgan fingerprint density at radius 3 is 2.70 bits per heavy atom. The number of hydrogen-bond donors (Lipinski definition) is 0. The zero-order valence-corrected chi connectivity index (χ0v) is 15.2. The number of anilines is 1. The summed E-state index contributed by atoms with van der Waals surface area (Å²) in [7, 11) is 1.87. The molecular weight excluding hydrogens is 338 g/mol. The van der Waals surface area contributed by atoms with E-state index in [2.05, 4.69) is 32.2 Å². The molecule has 0 bridgehead atoms. The van der Waals surface area contributed by atoms with Gasteiger partial charge in [0.25, 0.3) is 5.91 Å². The molecule has 5 rings (SSSR count). The van der Waals surface area contributed by atoms with Gasteiger partial charge in [-0.25, -0.2) is 0 Å². The highest BCUT2D eigenvalue weighted by Crippen LogP contribution is 2.38. The van der Waals surface area contributed by atoms with Crippen LogP contribution in [0.5, 0.6) is 0 Å². The fourth-order valence-corrected chi connectivity index (χ4v) is 3.57. The molecule has 1 saturated carbocycles. The van der Waals surface area contributed by atoms with Gasteiger partial charge in [0, 0.05) is 43.2 Å². The van der Waals surface area contributed by atoms with Gasteiger partial charge in [0.05, 0.1) is 17.3 Å². The number of carbonyl (C=O) groups is 1. The van der Waals surface area contributed by atoms with Crippen molar-refractivity contribution in [3.8, 4) is 0 Å². The van der Waals surface area contributed by atoms with Gasteiger partial charge in [-0.05, 0) is 49.2 Å². The Hall–Kier alpha value is -3.02. The summed E-state index contributed by atoms with van der Waals surface area (Å²) in [6.07, 6.45) is 4.23. The summed E-state index contributed by atoms with van der Waals surface area (Å²) >= 11 is 0. The predicted molar refractivity (Wildman–Crippen MR) is 104 cm³/mol. The molecule has 2 fully saturated rings. The number of rotatable bonds is 4. The van der Waals surface area contributed by atoms with Crippen LogP contribution in [0.4, 0.5) is 5.82 Å². The summed E-state index contributed by atoms with van der Waals surface area (Å²) in [5, 5.41) is 9.69. The zero-order valence-electron chi connectivity index (χ0n) is 15.2. The first-order valence-electron chi connectivity index (χ1n) is 9.39. The number of aromatic nitrogens is 3. The maximum atomic E-state index is 12.9. The molecule has 27 heavy (non-hydrogen) atoms. The SMILES string of the molecule is CN(C(=O)c1ccc2ncccc2c1)C1CN(c2ccc(C3CC3)nn2)C1. The quantitative estimate of drug-likeness (QED) is 0.717. The van der Waals surface area contributed by atoms with E-state index in [0.717, 1.165) is 35.5 Å². The third-order valence-corrected chi connectivity index (χ3v) is 5.57. The van der Waals surface area contributed by atoms with Crippen LogP contribution in [0.15, 0.2) is 48.7 Å². The van der Waals surface area contributed by atoms with Gasteiger partial charge in [-0.3, -0.25) is 9.78 Å². The Morgan fingerprint density at radius 2 is 1.96 bits per heavy atom. The van der Waals surface area contributed by atoms with Gasteiger partial charge in [0.2, 0.25) is 0 Å². The van der Waals surface area contributed by atoms with Gasteiger partial charge in [-0.2, -0.15) is 5.10 Å². The first-order valence-corrected chi connectivity index (χ1v) is 9.39. The third kappa shape index (κ3) is 3.01. The Bertz CT molecular complexity index is 993. The van der Waals surface area contributed by atoms with E-state index in [1.54, 1.807) is 6.20 Å². The average molecular weight is 359 g/mol. The lowest BCUT2D eigenvalue weighted by Gasteiger charge is -2.44. The van der Waals surface area contributed by atoms with E-state index in [1.165, 1.54) is 12.8 Å². The van der Waals surface area contributed by atoms with E-state index in [-0.39, 0.29) is 11.9 Å². The number of amides is 1. The third-order valence-electron chi connectivity index (χ3n) is 5.57. The normalized spacial score (nSPS) is 17.0. The summed E-state index contributed by atoms with van der Waals surface area (Å²) in [5.41, 5.74) is 2.71. The molecule has 0 atom stereocenters. The van der Waals surface area contributed by atoms with Crippen LogP contribution < -0.4 is 4.90 Å². The van der Waals surface area contributed by atoms with Crippen molar-refractivity contribution in [3.63, 3.8) is 0 Å². The number of nitrogens with zero attached hydrogens (tertiary/aromatic N) is 5. The molecule has 0 unspecified atom stereocenters. The van der Waals surface area contributed by atoms with Crippen molar-refractivity contribution >= 4 is 22.6 Å². The Balaban J connectivity index is 1.24. The van der Waals surface area contributed by atoms with Crippen molar-refractivity contribution in [2.45, 2.75) is 24.8 Å². The molecule has 3 aromatic rings. The van der Waals surface area contributed by atoms with E-state index in [1.807, 2.05) is 42.3 Å². The molecule has 6 nitrogen and oxygen atoms in total. The zero-order chi connectivity index (χ0) is 18.4. The lowest BCUT2D eigenvalue weighted by Crippen LogP contribution is -2.60. The second-order valence-corrected chi connectivity index (χ2v) is 7.48.